The molecule has 1 atom stereocenters. The first kappa shape index (κ1) is 20.0. The van der Waals surface area contributed by atoms with Crippen molar-refractivity contribution < 1.29 is 19.1 Å². The van der Waals surface area contributed by atoms with Crippen molar-refractivity contribution in [1.29, 1.82) is 0 Å². The van der Waals surface area contributed by atoms with E-state index in [4.69, 9.17) is 21.1 Å². The fourth-order valence-electron chi connectivity index (χ4n) is 3.63. The van der Waals surface area contributed by atoms with Gasteiger partial charge in [0.1, 0.15) is 5.75 Å². The van der Waals surface area contributed by atoms with Crippen molar-refractivity contribution in [2.45, 2.75) is 32.3 Å². The first-order valence-electron chi connectivity index (χ1n) is 9.47. The first-order chi connectivity index (χ1) is 12.9. The van der Waals surface area contributed by atoms with E-state index < -0.39 is 5.60 Å². The summed E-state index contributed by atoms with van der Waals surface area (Å²) in [6, 6.07) is 6.96. The van der Waals surface area contributed by atoms with E-state index in [9.17, 15) is 9.59 Å². The number of nitrogens with zero attached hydrogens (tertiary/aromatic N) is 2. The average Bonchev–Trinajstić information content (AvgIpc) is 2.69. The second-order valence-electron chi connectivity index (χ2n) is 7.59. The largest absolute Gasteiger partial charge is 0.478 e. The summed E-state index contributed by atoms with van der Waals surface area (Å²) in [5, 5.41) is 0.618. The molecule has 0 bridgehead atoms. The number of piperidine rings is 1. The number of hydrogen-bond acceptors (Lipinski definition) is 4. The van der Waals surface area contributed by atoms with Crippen LogP contribution < -0.4 is 4.74 Å². The van der Waals surface area contributed by atoms with Crippen LogP contribution in [0.25, 0.3) is 0 Å². The van der Waals surface area contributed by atoms with E-state index in [-0.39, 0.29) is 17.7 Å². The smallest absolute Gasteiger partial charge is 0.266 e. The van der Waals surface area contributed by atoms with E-state index in [1.165, 1.54) is 0 Å². The van der Waals surface area contributed by atoms with Gasteiger partial charge in [0.05, 0.1) is 19.1 Å². The van der Waals surface area contributed by atoms with Crippen LogP contribution in [0.1, 0.15) is 26.7 Å². The number of carbonyl (C=O) groups is 2. The van der Waals surface area contributed by atoms with E-state index in [1.54, 1.807) is 43.0 Å². The lowest BCUT2D eigenvalue weighted by Crippen LogP contribution is -2.54. The molecule has 0 saturated carbocycles. The molecule has 0 radical (unpaired) electrons. The molecule has 0 N–H and O–H groups in total. The highest BCUT2D eigenvalue weighted by atomic mass is 35.5. The Bertz CT molecular complexity index is 671. The Balaban J connectivity index is 1.62. The highest BCUT2D eigenvalue weighted by molar-refractivity contribution is 6.30. The summed E-state index contributed by atoms with van der Waals surface area (Å²) in [5.41, 5.74) is -1.02. The molecule has 2 amide bonds. The van der Waals surface area contributed by atoms with Crippen LogP contribution >= 0.6 is 11.6 Å². The fourth-order valence-corrected chi connectivity index (χ4v) is 3.75. The molecule has 0 aromatic heterocycles. The van der Waals surface area contributed by atoms with Crippen LogP contribution in [-0.2, 0) is 14.3 Å². The summed E-state index contributed by atoms with van der Waals surface area (Å²) < 4.78 is 11.2. The summed E-state index contributed by atoms with van der Waals surface area (Å²) in [4.78, 5) is 29.5. The van der Waals surface area contributed by atoms with Crippen molar-refractivity contribution in [3.05, 3.63) is 29.3 Å². The van der Waals surface area contributed by atoms with Gasteiger partial charge in [0.2, 0.25) is 5.91 Å². The van der Waals surface area contributed by atoms with E-state index in [0.29, 0.717) is 50.2 Å². The Morgan fingerprint density at radius 1 is 1.11 bits per heavy atom. The van der Waals surface area contributed by atoms with E-state index in [0.717, 1.165) is 12.8 Å². The Labute approximate surface area is 165 Å². The van der Waals surface area contributed by atoms with Crippen molar-refractivity contribution in [3.63, 3.8) is 0 Å². The second kappa shape index (κ2) is 8.48. The monoisotopic (exact) mass is 394 g/mol. The molecule has 2 aliphatic rings. The molecule has 0 aliphatic carbocycles. The molecular weight excluding hydrogens is 368 g/mol. The van der Waals surface area contributed by atoms with Gasteiger partial charge in [0.25, 0.3) is 5.91 Å². The Morgan fingerprint density at radius 2 is 1.78 bits per heavy atom. The summed E-state index contributed by atoms with van der Waals surface area (Å²) in [5.74, 6) is 0.479. The predicted octanol–water partition coefficient (Wildman–Crippen LogP) is 2.59. The average molecular weight is 395 g/mol. The first-order valence-corrected chi connectivity index (χ1v) is 9.85. The van der Waals surface area contributed by atoms with Crippen LogP contribution in [0.3, 0.4) is 0 Å². The second-order valence-corrected chi connectivity index (χ2v) is 8.03. The number of carbonyl (C=O) groups excluding carboxylic acids is 2. The molecule has 3 rings (SSSR count). The van der Waals surface area contributed by atoms with Gasteiger partial charge < -0.3 is 19.3 Å². The van der Waals surface area contributed by atoms with Crippen molar-refractivity contribution in [1.82, 2.24) is 9.80 Å². The molecule has 148 valence electrons. The van der Waals surface area contributed by atoms with Crippen molar-refractivity contribution in [3.8, 4) is 5.75 Å². The maximum Gasteiger partial charge on any atom is 0.266 e. The lowest BCUT2D eigenvalue weighted by molar-refractivity contribution is -0.151. The molecule has 2 aliphatic heterocycles. The molecule has 27 heavy (non-hydrogen) atoms. The number of amides is 2. The van der Waals surface area contributed by atoms with Gasteiger partial charge in [0.15, 0.2) is 5.60 Å². The lowest BCUT2D eigenvalue weighted by atomic mass is 9.94. The van der Waals surface area contributed by atoms with Gasteiger partial charge in [-0.3, -0.25) is 9.59 Å². The Hall–Kier alpha value is -1.79. The van der Waals surface area contributed by atoms with Crippen LogP contribution in [-0.4, -0.2) is 66.6 Å². The summed E-state index contributed by atoms with van der Waals surface area (Å²) >= 11 is 5.90. The zero-order valence-electron chi connectivity index (χ0n) is 15.9. The third-order valence-electron chi connectivity index (χ3n) is 5.08. The van der Waals surface area contributed by atoms with Crippen molar-refractivity contribution >= 4 is 23.4 Å². The number of likely N-dealkylation sites (tertiary alicyclic amines) is 1. The number of benzene rings is 1. The molecule has 1 aromatic rings. The van der Waals surface area contributed by atoms with Gasteiger partial charge in [-0.15, -0.1) is 0 Å². The quantitative estimate of drug-likeness (QED) is 0.787. The zero-order valence-corrected chi connectivity index (χ0v) is 16.7. The van der Waals surface area contributed by atoms with Crippen LogP contribution in [0.4, 0.5) is 0 Å². The number of hydrogen-bond donors (Lipinski definition) is 0. The number of morpholine rings is 1. The van der Waals surface area contributed by atoms with E-state index in [1.807, 2.05) is 4.90 Å². The molecular formula is C20H27ClN2O4. The number of halogens is 1. The van der Waals surface area contributed by atoms with Crippen LogP contribution in [0.15, 0.2) is 24.3 Å². The van der Waals surface area contributed by atoms with Gasteiger partial charge >= 0.3 is 0 Å². The third kappa shape index (κ3) is 4.93. The van der Waals surface area contributed by atoms with Crippen molar-refractivity contribution in [2.75, 3.05) is 39.4 Å². The minimum Gasteiger partial charge on any atom is -0.478 e. The topological polar surface area (TPSA) is 59.1 Å². The third-order valence-corrected chi connectivity index (χ3v) is 5.33. The maximum absolute atomic E-state index is 13.1. The molecule has 2 heterocycles. The standard InChI is InChI=1S/C20H27ClN2O4/c1-20(2,27-17-7-5-16(21)6-8-17)19(25)23-9-3-4-15(14-23)18(24)22-10-12-26-13-11-22/h5-8,15H,3-4,9-14H2,1-2H3. The predicted molar refractivity (Wildman–Crippen MR) is 103 cm³/mol. The summed E-state index contributed by atoms with van der Waals surface area (Å²) in [7, 11) is 0. The molecule has 2 fully saturated rings. The molecule has 7 heteroatoms. The minimum atomic E-state index is -1.02. The fraction of sp³-hybridized carbons (Fsp3) is 0.600. The lowest BCUT2D eigenvalue weighted by Gasteiger charge is -2.39. The highest BCUT2D eigenvalue weighted by Gasteiger charge is 2.38. The van der Waals surface area contributed by atoms with E-state index >= 15 is 0 Å². The number of rotatable bonds is 4. The molecule has 1 unspecified atom stereocenters. The van der Waals surface area contributed by atoms with Crippen molar-refractivity contribution in [2.24, 2.45) is 5.92 Å². The minimum absolute atomic E-state index is 0.100. The number of ether oxygens (including phenoxy) is 2. The van der Waals surface area contributed by atoms with Gasteiger partial charge in [-0.2, -0.15) is 0 Å². The molecule has 0 spiro atoms. The Morgan fingerprint density at radius 3 is 2.44 bits per heavy atom. The molecule has 2 saturated heterocycles. The van der Waals surface area contributed by atoms with Crippen LogP contribution in [0.5, 0.6) is 5.75 Å². The normalized spacial score (nSPS) is 21.1. The van der Waals surface area contributed by atoms with Crippen LogP contribution in [0.2, 0.25) is 5.02 Å². The molecule has 1 aromatic carbocycles. The van der Waals surface area contributed by atoms with E-state index in [2.05, 4.69) is 0 Å². The van der Waals surface area contributed by atoms with Gasteiger partial charge in [0, 0.05) is 31.2 Å². The Kier molecular flexibility index (Phi) is 6.27. The summed E-state index contributed by atoms with van der Waals surface area (Å²) in [6.07, 6.45) is 1.64. The SMILES string of the molecule is CC(C)(Oc1ccc(Cl)cc1)C(=O)N1CCCC(C(=O)N2CCOCC2)C1. The summed E-state index contributed by atoms with van der Waals surface area (Å²) in [6.45, 7) is 7.06. The highest BCUT2D eigenvalue weighted by Crippen LogP contribution is 2.26. The maximum atomic E-state index is 13.1. The van der Waals surface area contributed by atoms with Crippen LogP contribution in [0, 0.1) is 5.92 Å². The molecule has 6 nitrogen and oxygen atoms in total. The van der Waals surface area contributed by atoms with Gasteiger partial charge in [-0.25, -0.2) is 0 Å². The van der Waals surface area contributed by atoms with Gasteiger partial charge in [-0.1, -0.05) is 11.6 Å². The zero-order chi connectivity index (χ0) is 19.4. The van der Waals surface area contributed by atoms with Gasteiger partial charge in [-0.05, 0) is 51.0 Å².